The van der Waals surface area contributed by atoms with E-state index in [0.717, 1.165) is 72.5 Å². The maximum Gasteiger partial charge on any atom is 0.0462 e. The van der Waals surface area contributed by atoms with Gasteiger partial charge in [0.2, 0.25) is 0 Å². The van der Waals surface area contributed by atoms with Crippen LogP contribution in [0, 0.1) is 0 Å². The lowest BCUT2D eigenvalue weighted by Gasteiger charge is -2.26. The predicted octanol–water partition coefficient (Wildman–Crippen LogP) is 21.2. The van der Waals surface area contributed by atoms with E-state index in [0.29, 0.717) is 6.54 Å². The van der Waals surface area contributed by atoms with Crippen molar-refractivity contribution in [1.82, 2.24) is 0 Å². The first-order valence-electron chi connectivity index (χ1n) is 27.0. The molecule has 0 fully saturated rings. The van der Waals surface area contributed by atoms with E-state index in [9.17, 15) is 0 Å². The van der Waals surface area contributed by atoms with Gasteiger partial charge < -0.3 is 9.80 Å². The molecule has 0 heterocycles. The van der Waals surface area contributed by atoms with Crippen molar-refractivity contribution in [2.24, 2.45) is 0 Å². The third-order valence-electron chi connectivity index (χ3n) is 13.4. The Balaban J connectivity index is 1.14. The summed E-state index contributed by atoms with van der Waals surface area (Å²) < 4.78 is 0. The van der Waals surface area contributed by atoms with Crippen LogP contribution in [-0.4, -0.2) is 6.54 Å². The van der Waals surface area contributed by atoms with Gasteiger partial charge in [0, 0.05) is 35.0 Å². The molecule has 5 aromatic rings. The predicted molar refractivity (Wildman–Crippen MR) is 332 cm³/mol. The first-order valence-corrected chi connectivity index (χ1v) is 27.0. The average molecular weight is 981 g/mol. The van der Waals surface area contributed by atoms with Crippen molar-refractivity contribution in [2.75, 3.05) is 16.3 Å². The maximum atomic E-state index is 3.97. The van der Waals surface area contributed by atoms with E-state index < -0.39 is 0 Å². The van der Waals surface area contributed by atoms with Crippen LogP contribution in [0.4, 0.5) is 22.7 Å². The molecule has 0 saturated carbocycles. The molecule has 2 heteroatoms. The number of anilines is 4. The molecule has 0 amide bonds. The van der Waals surface area contributed by atoms with Gasteiger partial charge in [0.1, 0.15) is 0 Å². The second-order valence-electron chi connectivity index (χ2n) is 18.8. The molecule has 0 saturated heterocycles. The van der Waals surface area contributed by atoms with Crippen LogP contribution in [0.15, 0.2) is 278 Å². The standard InChI is InChI=1S/C73H76N2/c1-8-13-28-61(26-11-4)66-42-50-71(51-43-66)75(72-52-44-68(45-53-72)64-29-19-15-14-16-20-30-64)73-54-46-69(47-55-73)65-38-36-59(37-39-65)57(6)34-35-58(7)74(56-23-33-62(27-12-5)60(24-9-2)25-10-3)70-48-40-67(41-49-70)63-31-21-17-18-22-32-63/h9-10,13,15,17,19-55H,2,8,11-12,14,16,18,56H2,1,3-7H3/b19-15-,25-10-,28-13-,30-20?,33-23-,57-34+,58-35+,60-24+,61-26+,62-27+,64-29?. The van der Waals surface area contributed by atoms with Gasteiger partial charge in [-0.15, -0.1) is 0 Å². The summed E-state index contributed by atoms with van der Waals surface area (Å²) in [7, 11) is 0. The van der Waals surface area contributed by atoms with Crippen molar-refractivity contribution in [3.05, 3.63) is 301 Å². The Bertz CT molecular complexity index is 3120. The number of hydrogen-bond donors (Lipinski definition) is 0. The summed E-state index contributed by atoms with van der Waals surface area (Å²) in [5.41, 5.74) is 20.1. The molecule has 0 unspecified atom stereocenters. The van der Waals surface area contributed by atoms with E-state index >= 15 is 0 Å². The zero-order valence-electron chi connectivity index (χ0n) is 45.3. The molecule has 7 rings (SSSR count). The van der Waals surface area contributed by atoms with Crippen molar-refractivity contribution >= 4 is 45.0 Å². The van der Waals surface area contributed by atoms with Gasteiger partial charge >= 0.3 is 0 Å². The van der Waals surface area contributed by atoms with E-state index in [4.69, 9.17) is 0 Å². The minimum atomic E-state index is 0.713. The van der Waals surface area contributed by atoms with Crippen LogP contribution in [0.3, 0.4) is 0 Å². The molecular formula is C73H76N2. The molecule has 0 bridgehead atoms. The van der Waals surface area contributed by atoms with Crippen molar-refractivity contribution < 1.29 is 0 Å². The lowest BCUT2D eigenvalue weighted by atomic mass is 9.99. The van der Waals surface area contributed by atoms with E-state index in [-0.39, 0.29) is 0 Å². The van der Waals surface area contributed by atoms with Crippen LogP contribution >= 0.6 is 0 Å². The number of hydrogen-bond acceptors (Lipinski definition) is 2. The summed E-state index contributed by atoms with van der Waals surface area (Å²) in [4.78, 5) is 4.74. The fourth-order valence-corrected chi connectivity index (χ4v) is 9.28. The third-order valence-corrected chi connectivity index (χ3v) is 13.4. The molecular weight excluding hydrogens is 905 g/mol. The molecule has 2 aliphatic carbocycles. The Morgan fingerprint density at radius 2 is 1.05 bits per heavy atom. The summed E-state index contributed by atoms with van der Waals surface area (Å²) in [6.07, 6.45) is 54.4. The van der Waals surface area contributed by atoms with Gasteiger partial charge in [-0.3, -0.25) is 0 Å². The normalized spacial score (nSPS) is 15.3. The Hall–Kier alpha value is -8.20. The van der Waals surface area contributed by atoms with E-state index in [1.807, 2.05) is 6.08 Å². The fourth-order valence-electron chi connectivity index (χ4n) is 9.28. The summed E-state index contributed by atoms with van der Waals surface area (Å²) in [5.74, 6) is 0. The second kappa shape index (κ2) is 28.9. The first kappa shape index (κ1) is 54.6. The van der Waals surface area contributed by atoms with Crippen molar-refractivity contribution in [3.63, 3.8) is 0 Å². The van der Waals surface area contributed by atoms with Crippen molar-refractivity contribution in [3.8, 4) is 11.1 Å². The summed E-state index contributed by atoms with van der Waals surface area (Å²) >= 11 is 0. The number of allylic oxidation sites excluding steroid dienone is 28. The molecule has 0 radical (unpaired) electrons. The topological polar surface area (TPSA) is 6.48 Å². The Morgan fingerprint density at radius 1 is 0.507 bits per heavy atom. The first-order chi connectivity index (χ1) is 36.8. The zero-order valence-corrected chi connectivity index (χ0v) is 45.3. The third kappa shape index (κ3) is 15.4. The number of benzene rings is 5. The van der Waals surface area contributed by atoms with Gasteiger partial charge in [-0.05, 0) is 181 Å². The van der Waals surface area contributed by atoms with Crippen LogP contribution < -0.4 is 9.80 Å². The Labute approximate surface area is 451 Å². The molecule has 0 atom stereocenters. The highest BCUT2D eigenvalue weighted by Gasteiger charge is 2.15. The molecule has 2 nitrogen and oxygen atoms in total. The Morgan fingerprint density at radius 3 is 1.65 bits per heavy atom. The monoisotopic (exact) mass is 981 g/mol. The zero-order chi connectivity index (χ0) is 52.6. The molecule has 378 valence electrons. The van der Waals surface area contributed by atoms with Gasteiger partial charge in [-0.1, -0.05) is 228 Å². The molecule has 2 aliphatic rings. The number of rotatable bonds is 21. The van der Waals surface area contributed by atoms with E-state index in [1.165, 1.54) is 61.2 Å². The largest absolute Gasteiger partial charge is 0.342 e. The summed E-state index contributed by atoms with van der Waals surface area (Å²) in [6, 6.07) is 44.9. The van der Waals surface area contributed by atoms with Gasteiger partial charge in [-0.25, -0.2) is 0 Å². The van der Waals surface area contributed by atoms with Gasteiger partial charge in [0.15, 0.2) is 0 Å². The highest BCUT2D eigenvalue weighted by molar-refractivity contribution is 5.83. The number of nitrogens with zero attached hydrogens (tertiary/aromatic N) is 2. The highest BCUT2D eigenvalue weighted by Crippen LogP contribution is 2.38. The summed E-state index contributed by atoms with van der Waals surface area (Å²) in [6.45, 7) is 17.7. The quantitative estimate of drug-likeness (QED) is 0.0676. The SMILES string of the molecule is C=C/C=C(\C=C/C)C(/C=C\CN(/C(C)=C/C=C(\C)c1ccc(-c2ccc(N(c3ccc(C4=C/C=C\CCC=C4)cc3)c3ccc(C(/C=C\CC)=C/CC)cc3)cc2)cc1)c1ccc(C2=CC=CCC=C2)cc1)=C/CC. The van der Waals surface area contributed by atoms with Crippen LogP contribution in [0.25, 0.3) is 33.4 Å². The van der Waals surface area contributed by atoms with Crippen LogP contribution in [-0.2, 0) is 0 Å². The van der Waals surface area contributed by atoms with Gasteiger partial charge in [0.05, 0.1) is 0 Å². The minimum Gasteiger partial charge on any atom is -0.342 e. The molecule has 0 aliphatic heterocycles. The van der Waals surface area contributed by atoms with Crippen LogP contribution in [0.1, 0.15) is 102 Å². The highest BCUT2D eigenvalue weighted by atomic mass is 15.1. The molecule has 0 spiro atoms. The van der Waals surface area contributed by atoms with Crippen LogP contribution in [0.5, 0.6) is 0 Å². The lowest BCUT2D eigenvalue weighted by Crippen LogP contribution is -2.21. The molecule has 0 N–H and O–H groups in total. The smallest absolute Gasteiger partial charge is 0.0462 e. The minimum absolute atomic E-state index is 0.713. The lowest BCUT2D eigenvalue weighted by molar-refractivity contribution is 1.01. The van der Waals surface area contributed by atoms with Crippen LogP contribution in [0.2, 0.25) is 0 Å². The van der Waals surface area contributed by atoms with Crippen molar-refractivity contribution in [2.45, 2.75) is 80.1 Å². The van der Waals surface area contributed by atoms with Gasteiger partial charge in [0.25, 0.3) is 0 Å². The Kier molecular flexibility index (Phi) is 21.0. The molecule has 0 aromatic heterocycles. The molecule has 5 aromatic carbocycles. The molecule has 75 heavy (non-hydrogen) atoms. The van der Waals surface area contributed by atoms with Gasteiger partial charge in [-0.2, -0.15) is 0 Å². The maximum absolute atomic E-state index is 3.97. The average Bonchev–Trinajstić information content (AvgIpc) is 3.73. The van der Waals surface area contributed by atoms with E-state index in [1.54, 1.807) is 0 Å². The van der Waals surface area contributed by atoms with E-state index in [2.05, 4.69) is 307 Å². The van der Waals surface area contributed by atoms with Crippen molar-refractivity contribution in [1.29, 1.82) is 0 Å². The summed E-state index contributed by atoms with van der Waals surface area (Å²) in [5, 5.41) is 0. The second-order valence-corrected chi connectivity index (χ2v) is 18.8. The fraction of sp³-hybridized carbons (Fsp3) is 0.178.